The summed E-state index contributed by atoms with van der Waals surface area (Å²) in [6.07, 6.45) is 3.76. The summed E-state index contributed by atoms with van der Waals surface area (Å²) in [4.78, 5) is 22.5. The minimum absolute atomic E-state index is 0.00834. The number of allylic oxidation sites excluding steroid dienone is 1. The van der Waals surface area contributed by atoms with Gasteiger partial charge in [0.2, 0.25) is 0 Å². The van der Waals surface area contributed by atoms with Crippen molar-refractivity contribution in [2.75, 3.05) is 7.11 Å². The maximum Gasteiger partial charge on any atom is 0.330 e. The standard InChI is InChI=1S/C14H16O4/c1-18-14(17)5-3-2-4-13(16)12-8-6-11(10-15)7-9-12/h3,5-9,15H,2,4,10H2,1H3/b5-3+. The van der Waals surface area contributed by atoms with Crippen LogP contribution in [0.4, 0.5) is 0 Å². The molecule has 0 spiro atoms. The Morgan fingerprint density at radius 1 is 1.28 bits per heavy atom. The van der Waals surface area contributed by atoms with Crippen LogP contribution in [0.5, 0.6) is 0 Å². The van der Waals surface area contributed by atoms with Crippen molar-refractivity contribution in [2.24, 2.45) is 0 Å². The topological polar surface area (TPSA) is 63.6 Å². The Labute approximate surface area is 106 Å². The Morgan fingerprint density at radius 2 is 1.94 bits per heavy atom. The molecule has 0 unspecified atom stereocenters. The number of hydrogen-bond donors (Lipinski definition) is 1. The molecule has 0 saturated carbocycles. The quantitative estimate of drug-likeness (QED) is 0.474. The minimum atomic E-state index is -0.422. The van der Waals surface area contributed by atoms with Gasteiger partial charge >= 0.3 is 5.97 Å². The van der Waals surface area contributed by atoms with Crippen LogP contribution in [0.25, 0.3) is 0 Å². The van der Waals surface area contributed by atoms with Gasteiger partial charge in [-0.15, -0.1) is 0 Å². The summed E-state index contributed by atoms with van der Waals surface area (Å²) >= 11 is 0. The van der Waals surface area contributed by atoms with Gasteiger partial charge in [-0.25, -0.2) is 4.79 Å². The van der Waals surface area contributed by atoms with E-state index in [-0.39, 0.29) is 12.4 Å². The fraction of sp³-hybridized carbons (Fsp3) is 0.286. The number of carbonyl (C=O) groups is 2. The number of esters is 1. The highest BCUT2D eigenvalue weighted by molar-refractivity contribution is 5.96. The number of carbonyl (C=O) groups excluding carboxylic acids is 2. The van der Waals surface area contributed by atoms with Gasteiger partial charge in [0.05, 0.1) is 13.7 Å². The van der Waals surface area contributed by atoms with Crippen molar-refractivity contribution in [1.82, 2.24) is 0 Å². The maximum atomic E-state index is 11.7. The average molecular weight is 248 g/mol. The fourth-order valence-electron chi connectivity index (χ4n) is 1.40. The summed E-state index contributed by atoms with van der Waals surface area (Å²) in [5.41, 5.74) is 1.39. The molecule has 0 saturated heterocycles. The van der Waals surface area contributed by atoms with Crippen molar-refractivity contribution in [3.05, 3.63) is 47.5 Å². The molecule has 0 fully saturated rings. The van der Waals surface area contributed by atoms with E-state index in [0.29, 0.717) is 18.4 Å². The molecule has 0 radical (unpaired) electrons. The summed E-state index contributed by atoms with van der Waals surface area (Å²) < 4.78 is 4.43. The molecule has 4 nitrogen and oxygen atoms in total. The Morgan fingerprint density at radius 3 is 2.50 bits per heavy atom. The normalized spacial score (nSPS) is 10.6. The number of hydrogen-bond acceptors (Lipinski definition) is 4. The average Bonchev–Trinajstić information content (AvgIpc) is 2.43. The Hall–Kier alpha value is -1.94. The molecule has 0 bridgehead atoms. The molecule has 18 heavy (non-hydrogen) atoms. The summed E-state index contributed by atoms with van der Waals surface area (Å²) in [6, 6.07) is 6.82. The van der Waals surface area contributed by atoms with Gasteiger partial charge in [-0.05, 0) is 12.0 Å². The molecule has 0 aliphatic rings. The van der Waals surface area contributed by atoms with Crippen LogP contribution in [0.2, 0.25) is 0 Å². The number of ether oxygens (including phenoxy) is 1. The van der Waals surface area contributed by atoms with Gasteiger partial charge in [0, 0.05) is 18.1 Å². The number of methoxy groups -OCH3 is 1. The molecule has 1 rings (SSSR count). The van der Waals surface area contributed by atoms with E-state index in [1.807, 2.05) is 0 Å². The van der Waals surface area contributed by atoms with Crippen LogP contribution in [0.1, 0.15) is 28.8 Å². The van der Waals surface area contributed by atoms with Crippen molar-refractivity contribution in [1.29, 1.82) is 0 Å². The molecule has 96 valence electrons. The van der Waals surface area contributed by atoms with Crippen LogP contribution < -0.4 is 0 Å². The van der Waals surface area contributed by atoms with Crippen molar-refractivity contribution >= 4 is 11.8 Å². The molecule has 0 aliphatic carbocycles. The van der Waals surface area contributed by atoms with E-state index in [0.717, 1.165) is 5.56 Å². The van der Waals surface area contributed by atoms with E-state index < -0.39 is 5.97 Å². The molecule has 0 heterocycles. The number of ketones is 1. The monoisotopic (exact) mass is 248 g/mol. The molecule has 1 aromatic rings. The van der Waals surface area contributed by atoms with Gasteiger partial charge in [-0.3, -0.25) is 4.79 Å². The lowest BCUT2D eigenvalue weighted by atomic mass is 10.0. The molecule has 4 heteroatoms. The van der Waals surface area contributed by atoms with Crippen LogP contribution in [-0.4, -0.2) is 24.0 Å². The first-order chi connectivity index (χ1) is 8.67. The Kier molecular flexibility index (Phi) is 5.80. The van der Waals surface area contributed by atoms with E-state index >= 15 is 0 Å². The van der Waals surface area contributed by atoms with Crippen LogP contribution in [0.15, 0.2) is 36.4 Å². The van der Waals surface area contributed by atoms with Crippen LogP contribution in [0, 0.1) is 0 Å². The van der Waals surface area contributed by atoms with Gasteiger partial charge < -0.3 is 9.84 Å². The lowest BCUT2D eigenvalue weighted by molar-refractivity contribution is -0.134. The van der Waals surface area contributed by atoms with Crippen molar-refractivity contribution in [3.8, 4) is 0 Å². The largest absolute Gasteiger partial charge is 0.466 e. The molecule has 0 amide bonds. The van der Waals surface area contributed by atoms with Crippen molar-refractivity contribution in [3.63, 3.8) is 0 Å². The highest BCUT2D eigenvalue weighted by atomic mass is 16.5. The van der Waals surface area contributed by atoms with E-state index in [4.69, 9.17) is 5.11 Å². The van der Waals surface area contributed by atoms with E-state index in [1.165, 1.54) is 13.2 Å². The highest BCUT2D eigenvalue weighted by Crippen LogP contribution is 2.08. The van der Waals surface area contributed by atoms with Crippen LogP contribution in [-0.2, 0) is 16.1 Å². The predicted octanol–water partition coefficient (Wildman–Crippen LogP) is 1.87. The first kappa shape index (κ1) is 14.1. The van der Waals surface area contributed by atoms with Crippen LogP contribution >= 0.6 is 0 Å². The zero-order valence-corrected chi connectivity index (χ0v) is 10.3. The third kappa shape index (κ3) is 4.51. The smallest absolute Gasteiger partial charge is 0.330 e. The molecule has 1 N–H and O–H groups in total. The van der Waals surface area contributed by atoms with Crippen molar-refractivity contribution in [2.45, 2.75) is 19.4 Å². The number of benzene rings is 1. The van der Waals surface area contributed by atoms with E-state index in [2.05, 4.69) is 4.74 Å². The van der Waals surface area contributed by atoms with Gasteiger partial charge in [0.15, 0.2) is 5.78 Å². The second kappa shape index (κ2) is 7.40. The second-order valence-corrected chi connectivity index (χ2v) is 3.74. The maximum absolute atomic E-state index is 11.7. The third-order valence-electron chi connectivity index (χ3n) is 2.45. The molecule has 0 aliphatic heterocycles. The third-order valence-corrected chi connectivity index (χ3v) is 2.45. The SMILES string of the molecule is COC(=O)/C=C/CCC(=O)c1ccc(CO)cc1. The highest BCUT2D eigenvalue weighted by Gasteiger charge is 2.04. The number of Topliss-reactive ketones (excluding diaryl/α,β-unsaturated/α-hetero) is 1. The van der Waals surface area contributed by atoms with Gasteiger partial charge in [-0.2, -0.15) is 0 Å². The predicted molar refractivity (Wildman–Crippen MR) is 67.1 cm³/mol. The molecule has 0 aromatic heterocycles. The fourth-order valence-corrected chi connectivity index (χ4v) is 1.40. The van der Waals surface area contributed by atoms with Crippen molar-refractivity contribution < 1.29 is 19.4 Å². The van der Waals surface area contributed by atoms with Crippen LogP contribution in [0.3, 0.4) is 0 Å². The Bertz CT molecular complexity index is 432. The van der Waals surface area contributed by atoms with Gasteiger partial charge in [-0.1, -0.05) is 30.3 Å². The lowest BCUT2D eigenvalue weighted by Gasteiger charge is -2.00. The number of rotatable bonds is 6. The van der Waals surface area contributed by atoms with Gasteiger partial charge in [0.1, 0.15) is 0 Å². The summed E-state index contributed by atoms with van der Waals surface area (Å²) in [7, 11) is 1.31. The summed E-state index contributed by atoms with van der Waals surface area (Å²) in [6.45, 7) is -0.0314. The first-order valence-corrected chi connectivity index (χ1v) is 5.65. The number of aliphatic hydroxyl groups excluding tert-OH is 1. The molecule has 1 aromatic carbocycles. The number of aliphatic hydroxyl groups is 1. The first-order valence-electron chi connectivity index (χ1n) is 5.65. The zero-order valence-electron chi connectivity index (χ0n) is 10.3. The zero-order chi connectivity index (χ0) is 13.4. The Balaban J connectivity index is 2.45. The molecular formula is C14H16O4. The summed E-state index contributed by atoms with van der Waals surface area (Å²) in [5, 5.41) is 8.88. The summed E-state index contributed by atoms with van der Waals surface area (Å²) in [5.74, 6) is -0.413. The van der Waals surface area contributed by atoms with E-state index in [9.17, 15) is 9.59 Å². The van der Waals surface area contributed by atoms with Gasteiger partial charge in [0.25, 0.3) is 0 Å². The minimum Gasteiger partial charge on any atom is -0.466 e. The molecular weight excluding hydrogens is 232 g/mol. The lowest BCUT2D eigenvalue weighted by Crippen LogP contribution is -1.99. The molecule has 0 atom stereocenters. The van der Waals surface area contributed by atoms with E-state index in [1.54, 1.807) is 30.3 Å². The second-order valence-electron chi connectivity index (χ2n) is 3.74.